The first kappa shape index (κ1) is 20.0. The van der Waals surface area contributed by atoms with Crippen molar-refractivity contribution < 1.29 is 9.53 Å². The molecule has 1 atom stereocenters. The highest BCUT2D eigenvalue weighted by atomic mass is 16.5. The summed E-state index contributed by atoms with van der Waals surface area (Å²) in [4.78, 5) is 23.5. The minimum Gasteiger partial charge on any atom is -0.489 e. The Kier molecular flexibility index (Phi) is 5.42. The second kappa shape index (κ2) is 8.67. The molecule has 160 valence electrons. The van der Waals surface area contributed by atoms with Crippen molar-refractivity contribution in [2.24, 2.45) is 0 Å². The lowest BCUT2D eigenvalue weighted by atomic mass is 10.1. The number of amides is 1. The fourth-order valence-corrected chi connectivity index (χ4v) is 4.27. The fraction of sp³-hybridized carbons (Fsp3) is 0.192. The average Bonchev–Trinajstić information content (AvgIpc) is 3.48. The van der Waals surface area contributed by atoms with E-state index in [1.165, 1.54) is 6.08 Å². The molecule has 1 amide bonds. The van der Waals surface area contributed by atoms with Crippen molar-refractivity contribution >= 4 is 11.4 Å². The number of aromatic nitrogens is 3. The zero-order valence-electron chi connectivity index (χ0n) is 17.7. The molecule has 6 nitrogen and oxygen atoms in total. The fourth-order valence-electron chi connectivity index (χ4n) is 4.27. The number of carbonyl (C=O) groups is 1. The van der Waals surface area contributed by atoms with E-state index >= 15 is 0 Å². The van der Waals surface area contributed by atoms with Crippen LogP contribution < -0.4 is 4.74 Å². The Balaban J connectivity index is 1.44. The van der Waals surface area contributed by atoms with Crippen LogP contribution in [-0.2, 0) is 11.4 Å². The van der Waals surface area contributed by atoms with Gasteiger partial charge in [0.25, 0.3) is 0 Å². The van der Waals surface area contributed by atoms with Crippen LogP contribution in [0.4, 0.5) is 0 Å². The first-order valence-electron chi connectivity index (χ1n) is 10.8. The van der Waals surface area contributed by atoms with Crippen LogP contribution in [0.1, 0.15) is 30.3 Å². The van der Waals surface area contributed by atoms with Crippen LogP contribution in [0.2, 0.25) is 0 Å². The van der Waals surface area contributed by atoms with Crippen LogP contribution in [0, 0.1) is 0 Å². The summed E-state index contributed by atoms with van der Waals surface area (Å²) >= 11 is 0. The normalized spacial score (nSPS) is 15.8. The highest BCUT2D eigenvalue weighted by molar-refractivity contribution is 5.87. The molecule has 0 aliphatic carbocycles. The molecule has 1 aliphatic heterocycles. The van der Waals surface area contributed by atoms with Crippen molar-refractivity contribution in [3.8, 4) is 17.0 Å². The van der Waals surface area contributed by atoms with Gasteiger partial charge in [0.1, 0.15) is 18.2 Å². The van der Waals surface area contributed by atoms with Gasteiger partial charge in [0.05, 0.1) is 23.4 Å². The molecule has 2 aromatic heterocycles. The Bertz CT molecular complexity index is 1250. The SMILES string of the molecule is C=CC(=O)N1CCCC1c1nc(-c2ccc(COc3ccccc3)cc2)c2cnccn12. The van der Waals surface area contributed by atoms with Crippen LogP contribution in [0.3, 0.4) is 0 Å². The molecule has 32 heavy (non-hydrogen) atoms. The van der Waals surface area contributed by atoms with E-state index in [9.17, 15) is 4.79 Å². The highest BCUT2D eigenvalue weighted by Gasteiger charge is 2.32. The van der Waals surface area contributed by atoms with Crippen LogP contribution in [0.25, 0.3) is 16.8 Å². The first-order valence-corrected chi connectivity index (χ1v) is 10.8. The molecular weight excluding hydrogens is 400 g/mol. The second-order valence-corrected chi connectivity index (χ2v) is 7.84. The minimum absolute atomic E-state index is 0.0531. The molecule has 0 saturated carbocycles. The number of rotatable bonds is 6. The second-order valence-electron chi connectivity index (χ2n) is 7.84. The van der Waals surface area contributed by atoms with Crippen molar-refractivity contribution in [3.05, 3.63) is 97.2 Å². The summed E-state index contributed by atoms with van der Waals surface area (Å²) < 4.78 is 7.90. The molecule has 0 spiro atoms. The molecule has 0 N–H and O–H groups in total. The third-order valence-electron chi connectivity index (χ3n) is 5.86. The zero-order valence-corrected chi connectivity index (χ0v) is 17.7. The summed E-state index contributed by atoms with van der Waals surface area (Å²) in [6, 6.07) is 18.0. The molecule has 0 radical (unpaired) electrons. The molecule has 1 saturated heterocycles. The van der Waals surface area contributed by atoms with E-state index < -0.39 is 0 Å². The summed E-state index contributed by atoms with van der Waals surface area (Å²) in [5.41, 5.74) is 3.87. The number of hydrogen-bond acceptors (Lipinski definition) is 4. The number of nitrogens with zero attached hydrogens (tertiary/aromatic N) is 4. The molecule has 6 heteroatoms. The maximum absolute atomic E-state index is 12.4. The molecule has 0 bridgehead atoms. The summed E-state index contributed by atoms with van der Waals surface area (Å²) in [7, 11) is 0. The van der Waals surface area contributed by atoms with Gasteiger partial charge in [-0.25, -0.2) is 4.98 Å². The van der Waals surface area contributed by atoms with Crippen molar-refractivity contribution in [3.63, 3.8) is 0 Å². The summed E-state index contributed by atoms with van der Waals surface area (Å²) in [6.45, 7) is 4.88. The van der Waals surface area contributed by atoms with Crippen molar-refractivity contribution in [2.75, 3.05) is 6.54 Å². The lowest BCUT2D eigenvalue weighted by Gasteiger charge is -2.22. The Morgan fingerprint density at radius 1 is 1.16 bits per heavy atom. The lowest BCUT2D eigenvalue weighted by molar-refractivity contribution is -0.127. The Labute approximate surface area is 186 Å². The van der Waals surface area contributed by atoms with E-state index in [0.29, 0.717) is 6.61 Å². The van der Waals surface area contributed by atoms with Gasteiger partial charge in [-0.05, 0) is 36.6 Å². The molecule has 4 aromatic rings. The van der Waals surface area contributed by atoms with Crippen molar-refractivity contribution in [2.45, 2.75) is 25.5 Å². The van der Waals surface area contributed by atoms with Crippen LogP contribution in [0.15, 0.2) is 85.8 Å². The van der Waals surface area contributed by atoms with Gasteiger partial charge in [-0.1, -0.05) is 49.0 Å². The predicted molar refractivity (Wildman–Crippen MR) is 123 cm³/mol. The standard InChI is InChI=1S/C26H24N4O2/c1-2-24(31)29-15-6-9-22(29)26-28-25(23-17-27-14-16-30(23)26)20-12-10-19(11-13-20)18-32-21-7-4-3-5-8-21/h2-5,7-8,10-14,16-17,22H,1,6,9,15,18H2. The van der Waals surface area contributed by atoms with E-state index in [2.05, 4.69) is 35.8 Å². The molecule has 1 aliphatic rings. The van der Waals surface area contributed by atoms with Crippen molar-refractivity contribution in [1.29, 1.82) is 0 Å². The number of likely N-dealkylation sites (tertiary alicyclic amines) is 1. The summed E-state index contributed by atoms with van der Waals surface area (Å²) in [6.07, 6.45) is 8.71. The molecule has 1 unspecified atom stereocenters. The van der Waals surface area contributed by atoms with Gasteiger partial charge in [0.2, 0.25) is 5.91 Å². The van der Waals surface area contributed by atoms with Crippen LogP contribution in [0.5, 0.6) is 5.75 Å². The number of fused-ring (bicyclic) bond motifs is 1. The Morgan fingerprint density at radius 3 is 2.75 bits per heavy atom. The molecule has 3 heterocycles. The number of para-hydroxylation sites is 1. The van der Waals surface area contributed by atoms with E-state index in [1.54, 1.807) is 6.20 Å². The summed E-state index contributed by atoms with van der Waals surface area (Å²) in [5.74, 6) is 1.66. The monoisotopic (exact) mass is 424 g/mol. The quantitative estimate of drug-likeness (QED) is 0.416. The van der Waals surface area contributed by atoms with E-state index in [1.807, 2.05) is 52.0 Å². The maximum Gasteiger partial charge on any atom is 0.246 e. The molecular formula is C26H24N4O2. The molecule has 5 rings (SSSR count). The Hall–Kier alpha value is -3.93. The van der Waals surface area contributed by atoms with Gasteiger partial charge < -0.3 is 9.64 Å². The predicted octanol–water partition coefficient (Wildman–Crippen LogP) is 4.82. The van der Waals surface area contributed by atoms with Crippen molar-refractivity contribution in [1.82, 2.24) is 19.3 Å². The highest BCUT2D eigenvalue weighted by Crippen LogP contribution is 2.35. The van der Waals surface area contributed by atoms with Gasteiger partial charge >= 0.3 is 0 Å². The summed E-state index contributed by atoms with van der Waals surface area (Å²) in [5, 5.41) is 0. The van der Waals surface area contributed by atoms with E-state index in [-0.39, 0.29) is 11.9 Å². The number of hydrogen-bond donors (Lipinski definition) is 0. The van der Waals surface area contributed by atoms with E-state index in [0.717, 1.165) is 53.3 Å². The number of imidazole rings is 1. The third-order valence-corrected chi connectivity index (χ3v) is 5.86. The smallest absolute Gasteiger partial charge is 0.246 e. The largest absolute Gasteiger partial charge is 0.489 e. The van der Waals surface area contributed by atoms with Gasteiger partial charge in [-0.2, -0.15) is 0 Å². The maximum atomic E-state index is 12.4. The first-order chi connectivity index (χ1) is 15.7. The van der Waals surface area contributed by atoms with Gasteiger partial charge in [-0.3, -0.25) is 14.2 Å². The average molecular weight is 425 g/mol. The number of carbonyl (C=O) groups excluding carboxylic acids is 1. The molecule has 1 fully saturated rings. The van der Waals surface area contributed by atoms with Gasteiger partial charge in [0, 0.05) is 24.5 Å². The van der Waals surface area contributed by atoms with Crippen LogP contribution >= 0.6 is 0 Å². The minimum atomic E-state index is -0.0669. The lowest BCUT2D eigenvalue weighted by Crippen LogP contribution is -2.29. The van der Waals surface area contributed by atoms with E-state index in [4.69, 9.17) is 9.72 Å². The zero-order chi connectivity index (χ0) is 21.9. The number of ether oxygens (including phenoxy) is 1. The third kappa shape index (κ3) is 3.75. The van der Waals surface area contributed by atoms with Gasteiger partial charge in [0.15, 0.2) is 0 Å². The van der Waals surface area contributed by atoms with Gasteiger partial charge in [-0.15, -0.1) is 0 Å². The Morgan fingerprint density at radius 2 is 1.97 bits per heavy atom. The van der Waals surface area contributed by atoms with Crippen LogP contribution in [-0.4, -0.2) is 31.7 Å². The number of benzene rings is 2. The molecule has 2 aromatic carbocycles. The topological polar surface area (TPSA) is 59.7 Å².